The molecule has 0 N–H and O–H groups in total. The zero-order chi connectivity index (χ0) is 8.65. The van der Waals surface area contributed by atoms with E-state index in [0.717, 1.165) is 32.7 Å². The highest BCUT2D eigenvalue weighted by Gasteiger charge is 2.14. The van der Waals surface area contributed by atoms with Gasteiger partial charge in [0.2, 0.25) is 0 Å². The Morgan fingerprint density at radius 3 is 3.17 bits per heavy atom. The zero-order valence-corrected chi connectivity index (χ0v) is 7.29. The van der Waals surface area contributed by atoms with Crippen LogP contribution < -0.4 is 0 Å². The van der Waals surface area contributed by atoms with Crippen molar-refractivity contribution in [3.05, 3.63) is 0 Å². The van der Waals surface area contributed by atoms with Crippen LogP contribution in [-0.2, 0) is 9.47 Å². The Kier molecular flexibility index (Phi) is 4.74. The van der Waals surface area contributed by atoms with Gasteiger partial charge < -0.3 is 9.47 Å². The van der Waals surface area contributed by atoms with Gasteiger partial charge in [-0.05, 0) is 12.8 Å². The lowest BCUT2D eigenvalue weighted by Gasteiger charge is -2.06. The summed E-state index contributed by atoms with van der Waals surface area (Å²) in [6.45, 7) is 3.24. The Morgan fingerprint density at radius 1 is 1.58 bits per heavy atom. The Bertz CT molecular complexity index is 147. The average molecular weight is 169 g/mol. The third kappa shape index (κ3) is 3.70. The van der Waals surface area contributed by atoms with Crippen molar-refractivity contribution in [3.8, 4) is 6.07 Å². The minimum absolute atomic E-state index is 0.590. The minimum atomic E-state index is 0.590. The first kappa shape index (κ1) is 9.50. The minimum Gasteiger partial charge on any atom is -0.381 e. The number of nitrogens with zero attached hydrogens (tertiary/aromatic N) is 1. The second kappa shape index (κ2) is 5.99. The summed E-state index contributed by atoms with van der Waals surface area (Å²) >= 11 is 0. The molecule has 3 nitrogen and oxygen atoms in total. The molecule has 1 unspecified atom stereocenters. The number of hydrogen-bond acceptors (Lipinski definition) is 3. The summed E-state index contributed by atoms with van der Waals surface area (Å²) in [4.78, 5) is 0. The predicted molar refractivity (Wildman–Crippen MR) is 44.6 cm³/mol. The molecule has 1 heterocycles. The zero-order valence-electron chi connectivity index (χ0n) is 7.29. The third-order valence-electron chi connectivity index (χ3n) is 1.95. The van der Waals surface area contributed by atoms with Crippen LogP contribution in [0.2, 0.25) is 0 Å². The van der Waals surface area contributed by atoms with Crippen molar-refractivity contribution in [1.82, 2.24) is 0 Å². The van der Waals surface area contributed by atoms with E-state index in [4.69, 9.17) is 14.7 Å². The predicted octanol–water partition coefficient (Wildman–Crippen LogP) is 1.34. The maximum atomic E-state index is 8.25. The van der Waals surface area contributed by atoms with Crippen molar-refractivity contribution in [3.63, 3.8) is 0 Å². The summed E-state index contributed by atoms with van der Waals surface area (Å²) in [6.07, 6.45) is 2.57. The van der Waals surface area contributed by atoms with Gasteiger partial charge in [-0.15, -0.1) is 0 Å². The van der Waals surface area contributed by atoms with Crippen molar-refractivity contribution >= 4 is 0 Å². The molecule has 0 radical (unpaired) electrons. The number of rotatable bonds is 5. The highest BCUT2D eigenvalue weighted by Crippen LogP contribution is 2.12. The van der Waals surface area contributed by atoms with Crippen molar-refractivity contribution in [2.24, 2.45) is 5.92 Å². The van der Waals surface area contributed by atoms with Crippen LogP contribution in [0.4, 0.5) is 0 Å². The van der Waals surface area contributed by atoms with Crippen LogP contribution in [0.3, 0.4) is 0 Å². The lowest BCUT2D eigenvalue weighted by Crippen LogP contribution is -2.09. The van der Waals surface area contributed by atoms with Gasteiger partial charge in [0.15, 0.2) is 0 Å². The molecule has 0 aromatic heterocycles. The molecule has 1 aliphatic heterocycles. The van der Waals surface area contributed by atoms with Gasteiger partial charge in [-0.3, -0.25) is 0 Å². The normalized spacial score (nSPS) is 22.4. The monoisotopic (exact) mass is 169 g/mol. The molecule has 1 atom stereocenters. The van der Waals surface area contributed by atoms with E-state index in [2.05, 4.69) is 6.07 Å². The lowest BCUT2D eigenvalue weighted by molar-refractivity contribution is 0.0889. The van der Waals surface area contributed by atoms with Gasteiger partial charge >= 0.3 is 0 Å². The summed E-state index contributed by atoms with van der Waals surface area (Å²) in [6, 6.07) is 2.09. The fraction of sp³-hybridized carbons (Fsp3) is 0.889. The lowest BCUT2D eigenvalue weighted by atomic mass is 10.1. The first-order valence-corrected chi connectivity index (χ1v) is 4.46. The van der Waals surface area contributed by atoms with Crippen molar-refractivity contribution in [1.29, 1.82) is 5.26 Å². The van der Waals surface area contributed by atoms with Gasteiger partial charge in [-0.1, -0.05) is 0 Å². The molecule has 0 bridgehead atoms. The molecule has 0 aromatic rings. The maximum Gasteiger partial charge on any atom is 0.0622 e. The standard InChI is InChI=1S/C9H15NO2/c10-4-1-2-5-11-7-9-3-6-12-8-9/h9H,1-3,5-8H2. The smallest absolute Gasteiger partial charge is 0.0622 e. The summed E-state index contributed by atoms with van der Waals surface area (Å²) in [5, 5.41) is 8.25. The summed E-state index contributed by atoms with van der Waals surface area (Å²) < 4.78 is 10.6. The van der Waals surface area contributed by atoms with Gasteiger partial charge in [0, 0.05) is 25.6 Å². The summed E-state index contributed by atoms with van der Waals surface area (Å²) in [7, 11) is 0. The first-order valence-electron chi connectivity index (χ1n) is 4.46. The van der Waals surface area contributed by atoms with Crippen LogP contribution >= 0.6 is 0 Å². The largest absolute Gasteiger partial charge is 0.381 e. The molecule has 1 rings (SSSR count). The molecule has 0 aliphatic carbocycles. The Balaban J connectivity index is 1.85. The molecule has 1 saturated heterocycles. The molecule has 0 spiro atoms. The Hall–Kier alpha value is -0.590. The van der Waals surface area contributed by atoms with Gasteiger partial charge in [0.1, 0.15) is 0 Å². The van der Waals surface area contributed by atoms with Gasteiger partial charge in [-0.2, -0.15) is 5.26 Å². The number of hydrogen-bond donors (Lipinski definition) is 0. The first-order chi connectivity index (χ1) is 5.93. The van der Waals surface area contributed by atoms with Crippen LogP contribution in [0.25, 0.3) is 0 Å². The summed E-state index contributed by atoms with van der Waals surface area (Å²) in [5.74, 6) is 0.590. The van der Waals surface area contributed by atoms with E-state index in [1.807, 2.05) is 0 Å². The Labute approximate surface area is 73.3 Å². The fourth-order valence-corrected chi connectivity index (χ4v) is 1.22. The van der Waals surface area contributed by atoms with E-state index in [-0.39, 0.29) is 0 Å². The highest BCUT2D eigenvalue weighted by molar-refractivity contribution is 4.68. The van der Waals surface area contributed by atoms with Gasteiger partial charge in [-0.25, -0.2) is 0 Å². The third-order valence-corrected chi connectivity index (χ3v) is 1.95. The SMILES string of the molecule is N#CCCCOCC1CCOC1. The van der Waals surface area contributed by atoms with Crippen molar-refractivity contribution in [2.45, 2.75) is 19.3 Å². The van der Waals surface area contributed by atoms with E-state index < -0.39 is 0 Å². The maximum absolute atomic E-state index is 8.25. The van der Waals surface area contributed by atoms with Crippen LogP contribution in [0, 0.1) is 17.2 Å². The molecule has 1 aliphatic rings. The van der Waals surface area contributed by atoms with Crippen LogP contribution in [0.15, 0.2) is 0 Å². The van der Waals surface area contributed by atoms with E-state index >= 15 is 0 Å². The van der Waals surface area contributed by atoms with Crippen LogP contribution in [-0.4, -0.2) is 26.4 Å². The van der Waals surface area contributed by atoms with E-state index in [1.54, 1.807) is 0 Å². The summed E-state index contributed by atoms with van der Waals surface area (Å²) in [5.41, 5.74) is 0. The molecule has 68 valence electrons. The second-order valence-electron chi connectivity index (χ2n) is 3.07. The molecule has 0 aromatic carbocycles. The van der Waals surface area contributed by atoms with Gasteiger partial charge in [0.25, 0.3) is 0 Å². The molecular formula is C9H15NO2. The highest BCUT2D eigenvalue weighted by atomic mass is 16.5. The molecule has 12 heavy (non-hydrogen) atoms. The van der Waals surface area contributed by atoms with Crippen LogP contribution in [0.5, 0.6) is 0 Å². The van der Waals surface area contributed by atoms with E-state index in [1.165, 1.54) is 0 Å². The van der Waals surface area contributed by atoms with E-state index in [9.17, 15) is 0 Å². The average Bonchev–Trinajstić information content (AvgIpc) is 2.57. The molecule has 3 heteroatoms. The second-order valence-corrected chi connectivity index (χ2v) is 3.07. The molecule has 0 saturated carbocycles. The van der Waals surface area contributed by atoms with Crippen molar-refractivity contribution < 1.29 is 9.47 Å². The van der Waals surface area contributed by atoms with E-state index in [0.29, 0.717) is 18.9 Å². The molecule has 1 fully saturated rings. The number of ether oxygens (including phenoxy) is 2. The Morgan fingerprint density at radius 2 is 2.50 bits per heavy atom. The van der Waals surface area contributed by atoms with Gasteiger partial charge in [0.05, 0.1) is 19.3 Å². The quantitative estimate of drug-likeness (QED) is 0.583. The molecule has 0 amide bonds. The topological polar surface area (TPSA) is 42.2 Å². The number of nitriles is 1. The van der Waals surface area contributed by atoms with Crippen LogP contribution in [0.1, 0.15) is 19.3 Å². The molecular weight excluding hydrogens is 154 g/mol. The van der Waals surface area contributed by atoms with Crippen molar-refractivity contribution in [2.75, 3.05) is 26.4 Å². The number of unbranched alkanes of at least 4 members (excludes halogenated alkanes) is 1. The fourth-order valence-electron chi connectivity index (χ4n) is 1.22.